The summed E-state index contributed by atoms with van der Waals surface area (Å²) in [6.07, 6.45) is 3.62. The van der Waals surface area contributed by atoms with Crippen molar-refractivity contribution >= 4 is 5.91 Å². The molecule has 3 aliphatic rings. The minimum absolute atomic E-state index is 0.141. The van der Waals surface area contributed by atoms with E-state index in [9.17, 15) is 4.79 Å². The van der Waals surface area contributed by atoms with Gasteiger partial charge in [-0.2, -0.15) is 0 Å². The van der Waals surface area contributed by atoms with Crippen LogP contribution in [0.15, 0.2) is 6.20 Å². The highest BCUT2D eigenvalue weighted by Gasteiger charge is 2.31. The Hall–Kier alpha value is -1.44. The Bertz CT molecular complexity index is 588. The number of nitrogens with zero attached hydrogens (tertiary/aromatic N) is 5. The molecule has 7 nitrogen and oxygen atoms in total. The fraction of sp³-hybridized carbons (Fsp3) is 0.765. The highest BCUT2D eigenvalue weighted by atomic mass is 16.5. The summed E-state index contributed by atoms with van der Waals surface area (Å²) >= 11 is 0. The lowest BCUT2D eigenvalue weighted by Crippen LogP contribution is -2.45. The number of piperazine rings is 1. The molecule has 0 unspecified atom stereocenters. The molecule has 4 rings (SSSR count). The molecule has 2 fully saturated rings. The quantitative estimate of drug-likeness (QED) is 0.788. The first-order chi connectivity index (χ1) is 11.7. The molecule has 3 aliphatic heterocycles. The number of carbonyl (C=O) groups excluding carboxylic acids is 1. The van der Waals surface area contributed by atoms with Crippen LogP contribution in [0, 0.1) is 0 Å². The molecular weight excluding hydrogens is 306 g/mol. The molecule has 4 heterocycles. The van der Waals surface area contributed by atoms with E-state index in [2.05, 4.69) is 26.4 Å². The predicted molar refractivity (Wildman–Crippen MR) is 89.4 cm³/mol. The lowest BCUT2D eigenvalue weighted by atomic mass is 10.2. The van der Waals surface area contributed by atoms with Crippen LogP contribution < -0.4 is 0 Å². The first kappa shape index (κ1) is 16.1. The molecule has 0 N–H and O–H groups in total. The third-order valence-corrected chi connectivity index (χ3v) is 5.44. The Morgan fingerprint density at radius 3 is 2.83 bits per heavy atom. The van der Waals surface area contributed by atoms with Crippen LogP contribution in [0.25, 0.3) is 0 Å². The van der Waals surface area contributed by atoms with Gasteiger partial charge in [0.05, 0.1) is 12.2 Å². The van der Waals surface area contributed by atoms with E-state index in [0.717, 1.165) is 64.5 Å². The van der Waals surface area contributed by atoms with Crippen LogP contribution in [0.4, 0.5) is 0 Å². The Labute approximate surface area is 143 Å². The van der Waals surface area contributed by atoms with E-state index in [1.165, 1.54) is 5.69 Å². The van der Waals surface area contributed by atoms with Crippen LogP contribution in [0.1, 0.15) is 24.4 Å². The Morgan fingerprint density at radius 2 is 2.08 bits per heavy atom. The van der Waals surface area contributed by atoms with Crippen molar-refractivity contribution in [1.82, 2.24) is 24.3 Å². The summed E-state index contributed by atoms with van der Waals surface area (Å²) in [5.74, 6) is 1.15. The van der Waals surface area contributed by atoms with Crippen LogP contribution in [-0.2, 0) is 29.2 Å². The van der Waals surface area contributed by atoms with Gasteiger partial charge in [0.2, 0.25) is 0 Å². The molecule has 1 atom stereocenters. The van der Waals surface area contributed by atoms with E-state index >= 15 is 0 Å². The molecule has 0 aromatic carbocycles. The smallest absolute Gasteiger partial charge is 0.252 e. The molecule has 2 saturated heterocycles. The largest absolute Gasteiger partial charge is 0.368 e. The van der Waals surface area contributed by atoms with Gasteiger partial charge >= 0.3 is 0 Å². The summed E-state index contributed by atoms with van der Waals surface area (Å²) in [5.41, 5.74) is 1.28. The van der Waals surface area contributed by atoms with Crippen molar-refractivity contribution in [2.45, 2.75) is 38.6 Å². The van der Waals surface area contributed by atoms with Crippen molar-refractivity contribution in [3.05, 3.63) is 17.7 Å². The minimum atomic E-state index is -0.226. The number of hydrogen-bond donors (Lipinski definition) is 0. The van der Waals surface area contributed by atoms with Gasteiger partial charge in [0, 0.05) is 58.6 Å². The van der Waals surface area contributed by atoms with E-state index < -0.39 is 0 Å². The summed E-state index contributed by atoms with van der Waals surface area (Å²) in [6.45, 7) is 8.38. The zero-order chi connectivity index (χ0) is 16.5. The molecule has 1 aromatic rings. The molecule has 24 heavy (non-hydrogen) atoms. The number of fused-ring (bicyclic) bond motifs is 1. The maximum atomic E-state index is 12.5. The van der Waals surface area contributed by atoms with E-state index in [-0.39, 0.29) is 12.0 Å². The number of likely N-dealkylation sites (N-methyl/N-ethyl adjacent to an activating group) is 1. The van der Waals surface area contributed by atoms with Crippen LogP contribution in [0.5, 0.6) is 0 Å². The second kappa shape index (κ2) is 6.82. The Kier molecular flexibility index (Phi) is 4.56. The molecule has 0 radical (unpaired) electrons. The highest BCUT2D eigenvalue weighted by Crippen LogP contribution is 2.20. The number of imidazole rings is 1. The fourth-order valence-corrected chi connectivity index (χ4v) is 3.85. The maximum absolute atomic E-state index is 12.5. The minimum Gasteiger partial charge on any atom is -0.368 e. The van der Waals surface area contributed by atoms with Crippen molar-refractivity contribution in [2.75, 3.05) is 46.4 Å². The van der Waals surface area contributed by atoms with Gasteiger partial charge in [-0.25, -0.2) is 4.98 Å². The monoisotopic (exact) mass is 333 g/mol. The van der Waals surface area contributed by atoms with Crippen LogP contribution >= 0.6 is 0 Å². The number of rotatable bonds is 3. The summed E-state index contributed by atoms with van der Waals surface area (Å²) in [4.78, 5) is 23.9. The topological polar surface area (TPSA) is 53.8 Å². The van der Waals surface area contributed by atoms with Crippen LogP contribution in [-0.4, -0.2) is 82.6 Å². The van der Waals surface area contributed by atoms with Crippen molar-refractivity contribution in [2.24, 2.45) is 0 Å². The SMILES string of the molecule is CN1CCN(Cc2cnc3n2CCN(C(=O)[C@@H]2CCCO2)C3)CC1. The fourth-order valence-electron chi connectivity index (χ4n) is 3.85. The standard InChI is InChI=1S/C17H27N5O2/c1-19-4-6-20(7-5-19)12-14-11-18-16-13-21(8-9-22(14)16)17(23)15-3-2-10-24-15/h11,15H,2-10,12-13H2,1H3/t15-/m0/s1. The van der Waals surface area contributed by atoms with Gasteiger partial charge in [0.1, 0.15) is 11.9 Å². The summed E-state index contributed by atoms with van der Waals surface area (Å²) in [5, 5.41) is 0. The number of hydrogen-bond acceptors (Lipinski definition) is 5. The number of amides is 1. The van der Waals surface area contributed by atoms with Gasteiger partial charge in [-0.05, 0) is 19.9 Å². The highest BCUT2D eigenvalue weighted by molar-refractivity contribution is 5.81. The molecule has 1 aromatic heterocycles. The lowest BCUT2D eigenvalue weighted by molar-refractivity contribution is -0.142. The third-order valence-electron chi connectivity index (χ3n) is 5.44. The summed E-state index contributed by atoms with van der Waals surface area (Å²) in [6, 6.07) is 0. The van der Waals surface area contributed by atoms with E-state index in [0.29, 0.717) is 13.2 Å². The number of aromatic nitrogens is 2. The number of ether oxygens (including phenoxy) is 1. The molecule has 0 aliphatic carbocycles. The van der Waals surface area contributed by atoms with E-state index in [4.69, 9.17) is 4.74 Å². The van der Waals surface area contributed by atoms with Gasteiger partial charge in [0.15, 0.2) is 0 Å². The summed E-state index contributed by atoms with van der Waals surface area (Å²) in [7, 11) is 2.18. The molecule has 0 saturated carbocycles. The van der Waals surface area contributed by atoms with Crippen molar-refractivity contribution in [3.8, 4) is 0 Å². The first-order valence-electron chi connectivity index (χ1n) is 9.05. The van der Waals surface area contributed by atoms with E-state index in [1.807, 2.05) is 11.1 Å². The second-order valence-electron chi connectivity index (χ2n) is 7.16. The van der Waals surface area contributed by atoms with Crippen LogP contribution in [0.2, 0.25) is 0 Å². The zero-order valence-corrected chi connectivity index (χ0v) is 14.5. The van der Waals surface area contributed by atoms with Crippen molar-refractivity contribution in [3.63, 3.8) is 0 Å². The third kappa shape index (κ3) is 3.20. The lowest BCUT2D eigenvalue weighted by Gasteiger charge is -2.33. The molecule has 1 amide bonds. The first-order valence-corrected chi connectivity index (χ1v) is 9.05. The Balaban J connectivity index is 1.39. The van der Waals surface area contributed by atoms with E-state index in [1.54, 1.807) is 0 Å². The normalized spacial score (nSPS) is 25.9. The molecule has 0 bridgehead atoms. The molecular formula is C17H27N5O2. The van der Waals surface area contributed by atoms with Gasteiger partial charge in [-0.1, -0.05) is 0 Å². The van der Waals surface area contributed by atoms with Crippen LogP contribution in [0.3, 0.4) is 0 Å². The molecule has 0 spiro atoms. The van der Waals surface area contributed by atoms with Gasteiger partial charge < -0.3 is 19.1 Å². The van der Waals surface area contributed by atoms with Gasteiger partial charge in [0.25, 0.3) is 5.91 Å². The second-order valence-corrected chi connectivity index (χ2v) is 7.16. The average molecular weight is 333 g/mol. The molecule has 7 heteroatoms. The van der Waals surface area contributed by atoms with Gasteiger partial charge in [-0.3, -0.25) is 9.69 Å². The molecule has 132 valence electrons. The average Bonchev–Trinajstić information content (AvgIpc) is 3.26. The van der Waals surface area contributed by atoms with Crippen molar-refractivity contribution in [1.29, 1.82) is 0 Å². The summed E-state index contributed by atoms with van der Waals surface area (Å²) < 4.78 is 7.84. The van der Waals surface area contributed by atoms with Gasteiger partial charge in [-0.15, -0.1) is 0 Å². The van der Waals surface area contributed by atoms with Crippen molar-refractivity contribution < 1.29 is 9.53 Å². The predicted octanol–water partition coefficient (Wildman–Crippen LogP) is 0.152. The number of carbonyl (C=O) groups is 1. The Morgan fingerprint density at radius 1 is 1.25 bits per heavy atom. The maximum Gasteiger partial charge on any atom is 0.252 e. The zero-order valence-electron chi connectivity index (χ0n) is 14.5.